The summed E-state index contributed by atoms with van der Waals surface area (Å²) >= 11 is 0. The van der Waals surface area contributed by atoms with Gasteiger partial charge in [-0.05, 0) is 31.1 Å². The van der Waals surface area contributed by atoms with Crippen molar-refractivity contribution in [2.24, 2.45) is 16.1 Å². The summed E-state index contributed by atoms with van der Waals surface area (Å²) in [4.78, 5) is 34.3. The molecule has 0 aliphatic heterocycles. The van der Waals surface area contributed by atoms with Crippen molar-refractivity contribution >= 4 is 30.3 Å². The maximum Gasteiger partial charge on any atom is 0.330 e. The van der Waals surface area contributed by atoms with E-state index in [0.717, 1.165) is 11.6 Å². The molecule has 0 fully saturated rings. The number of carbonyl (C=O) groups excluding carboxylic acids is 3. The summed E-state index contributed by atoms with van der Waals surface area (Å²) in [7, 11) is 0. The van der Waals surface area contributed by atoms with Gasteiger partial charge in [-0.1, -0.05) is 42.5 Å². The predicted octanol–water partition coefficient (Wildman–Crippen LogP) is 3.46. The number of hydrogen-bond acceptors (Lipinski definition) is 8. The molecule has 0 saturated heterocycles. The summed E-state index contributed by atoms with van der Waals surface area (Å²) in [5, 5.41) is 8.11. The summed E-state index contributed by atoms with van der Waals surface area (Å²) in [6.45, 7) is 5.12. The summed E-state index contributed by atoms with van der Waals surface area (Å²) in [5.74, 6) is -1.23. The molecular formula is C24H26N2O6. The highest BCUT2D eigenvalue weighted by Crippen LogP contribution is 2.16. The average Bonchev–Trinajstić information content (AvgIpc) is 2.80. The first-order valence-corrected chi connectivity index (χ1v) is 10.1. The number of aryl methyl sites for hydroxylation is 1. The van der Waals surface area contributed by atoms with Crippen LogP contribution in [0.1, 0.15) is 30.4 Å². The number of benzene rings is 1. The van der Waals surface area contributed by atoms with Crippen LogP contribution in [-0.4, -0.2) is 43.6 Å². The second-order valence-corrected chi connectivity index (χ2v) is 6.85. The number of esters is 3. The van der Waals surface area contributed by atoms with Crippen LogP contribution in [0.2, 0.25) is 0 Å². The van der Waals surface area contributed by atoms with E-state index in [0.29, 0.717) is 12.2 Å². The van der Waals surface area contributed by atoms with Gasteiger partial charge in [0.15, 0.2) is 0 Å². The van der Waals surface area contributed by atoms with E-state index in [2.05, 4.69) is 21.5 Å². The molecule has 0 N–H and O–H groups in total. The number of nitrogens with zero attached hydrogens (tertiary/aromatic N) is 2. The minimum atomic E-state index is -0.595. The summed E-state index contributed by atoms with van der Waals surface area (Å²) in [6.07, 6.45) is 10.1. The van der Waals surface area contributed by atoms with Crippen LogP contribution in [-0.2, 0) is 28.6 Å². The van der Waals surface area contributed by atoms with Gasteiger partial charge >= 0.3 is 17.9 Å². The third kappa shape index (κ3) is 9.80. The lowest BCUT2D eigenvalue weighted by Crippen LogP contribution is -2.14. The van der Waals surface area contributed by atoms with E-state index in [9.17, 15) is 14.4 Å². The van der Waals surface area contributed by atoms with Crippen molar-refractivity contribution in [3.05, 3.63) is 72.0 Å². The molecule has 0 saturated carbocycles. The zero-order valence-corrected chi connectivity index (χ0v) is 17.9. The van der Waals surface area contributed by atoms with Crippen LogP contribution in [0, 0.1) is 12.8 Å². The Morgan fingerprint density at radius 1 is 1.06 bits per heavy atom. The fourth-order valence-electron chi connectivity index (χ4n) is 2.50. The first-order chi connectivity index (χ1) is 15.5. The fourth-order valence-corrected chi connectivity index (χ4v) is 2.50. The molecule has 8 nitrogen and oxygen atoms in total. The number of allylic oxidation sites excluding steroid dienone is 3. The highest BCUT2D eigenvalue weighted by Gasteiger charge is 2.13. The smallest absolute Gasteiger partial charge is 0.330 e. The van der Waals surface area contributed by atoms with Crippen LogP contribution in [0.3, 0.4) is 0 Å². The Balaban J connectivity index is 1.63. The van der Waals surface area contributed by atoms with Gasteiger partial charge in [0.2, 0.25) is 0 Å². The lowest BCUT2D eigenvalue weighted by molar-refractivity contribution is -0.151. The minimum absolute atomic E-state index is 0.0535. The third-order valence-electron chi connectivity index (χ3n) is 4.23. The third-order valence-corrected chi connectivity index (χ3v) is 4.23. The molecule has 1 aromatic carbocycles. The van der Waals surface area contributed by atoms with E-state index in [1.54, 1.807) is 24.6 Å². The monoisotopic (exact) mass is 438 g/mol. The highest BCUT2D eigenvalue weighted by atomic mass is 16.6. The van der Waals surface area contributed by atoms with E-state index in [1.807, 2.05) is 37.3 Å². The molecule has 1 unspecified atom stereocenters. The molecule has 0 aromatic heterocycles. The van der Waals surface area contributed by atoms with Crippen molar-refractivity contribution < 1.29 is 28.6 Å². The van der Waals surface area contributed by atoms with Crippen LogP contribution in [0.5, 0.6) is 0 Å². The van der Waals surface area contributed by atoms with Gasteiger partial charge in [-0.25, -0.2) is 4.79 Å². The zero-order chi connectivity index (χ0) is 23.2. The Morgan fingerprint density at radius 2 is 1.78 bits per heavy atom. The normalized spacial score (nSPS) is 15.4. The first kappa shape index (κ1) is 24.5. The average molecular weight is 438 g/mol. The maximum atomic E-state index is 11.9. The van der Waals surface area contributed by atoms with Crippen LogP contribution in [0.4, 0.5) is 0 Å². The van der Waals surface area contributed by atoms with Gasteiger partial charge in [0, 0.05) is 18.2 Å². The van der Waals surface area contributed by atoms with Crippen LogP contribution in [0.15, 0.2) is 71.1 Å². The zero-order valence-electron chi connectivity index (χ0n) is 17.9. The van der Waals surface area contributed by atoms with Gasteiger partial charge < -0.3 is 14.2 Å². The van der Waals surface area contributed by atoms with E-state index >= 15 is 0 Å². The van der Waals surface area contributed by atoms with E-state index in [1.165, 1.54) is 5.56 Å². The van der Waals surface area contributed by atoms with Crippen molar-refractivity contribution in [3.8, 4) is 0 Å². The molecule has 168 valence electrons. The molecule has 32 heavy (non-hydrogen) atoms. The quantitative estimate of drug-likeness (QED) is 0.131. The summed E-state index contributed by atoms with van der Waals surface area (Å²) in [6, 6.07) is 7.96. The topological polar surface area (TPSA) is 104 Å². The fraction of sp³-hybridized carbons (Fsp3) is 0.292. The molecule has 1 aromatic rings. The molecule has 0 amide bonds. The molecule has 2 rings (SSSR count). The van der Waals surface area contributed by atoms with Gasteiger partial charge in [0.05, 0.1) is 19.1 Å². The molecule has 8 heteroatoms. The summed E-state index contributed by atoms with van der Waals surface area (Å²) < 4.78 is 14.8. The first-order valence-electron chi connectivity index (χ1n) is 10.1. The van der Waals surface area contributed by atoms with Crippen molar-refractivity contribution in [1.29, 1.82) is 0 Å². The predicted molar refractivity (Wildman–Crippen MR) is 120 cm³/mol. The maximum absolute atomic E-state index is 11.9. The molecule has 1 aliphatic carbocycles. The Bertz CT molecular complexity index is 928. The number of hydrogen-bond donors (Lipinski definition) is 0. The van der Waals surface area contributed by atoms with E-state index < -0.39 is 17.9 Å². The van der Waals surface area contributed by atoms with E-state index in [-0.39, 0.29) is 32.0 Å². The Kier molecular flexibility index (Phi) is 10.3. The largest absolute Gasteiger partial charge is 0.462 e. The molecular weight excluding hydrogens is 412 g/mol. The van der Waals surface area contributed by atoms with Gasteiger partial charge in [0.1, 0.15) is 19.0 Å². The second kappa shape index (κ2) is 13.5. The number of rotatable bonds is 11. The molecule has 0 heterocycles. The van der Waals surface area contributed by atoms with Crippen molar-refractivity contribution in [1.82, 2.24) is 0 Å². The molecule has 0 spiro atoms. The molecule has 1 atom stereocenters. The van der Waals surface area contributed by atoms with E-state index in [4.69, 9.17) is 9.47 Å². The Hall–Kier alpha value is -3.81. The van der Waals surface area contributed by atoms with Crippen molar-refractivity contribution in [2.45, 2.75) is 26.2 Å². The lowest BCUT2D eigenvalue weighted by Gasteiger charge is -2.12. The van der Waals surface area contributed by atoms with Crippen molar-refractivity contribution in [2.75, 3.05) is 13.2 Å². The molecule has 1 aliphatic rings. The Labute approximate surface area is 187 Å². The van der Waals surface area contributed by atoms with Gasteiger partial charge in [-0.15, -0.1) is 0 Å². The van der Waals surface area contributed by atoms with Crippen LogP contribution in [0.25, 0.3) is 0 Å². The highest BCUT2D eigenvalue weighted by molar-refractivity contribution is 5.81. The summed E-state index contributed by atoms with van der Waals surface area (Å²) in [5.41, 5.74) is 2.16. The van der Waals surface area contributed by atoms with Crippen LogP contribution >= 0.6 is 0 Å². The second-order valence-electron chi connectivity index (χ2n) is 6.85. The number of carbonyl (C=O) groups is 3. The molecule has 0 radical (unpaired) electrons. The lowest BCUT2D eigenvalue weighted by atomic mass is 10.0. The SMILES string of the molecule is C=CC(=O)OCCOC(=O)CCC(=O)OC1=CCC(/C=N/N=C/c2ccc(C)cc2)C=C1. The molecule has 0 bridgehead atoms. The van der Waals surface area contributed by atoms with Gasteiger partial charge in [-0.2, -0.15) is 10.2 Å². The number of ether oxygens (including phenoxy) is 3. The van der Waals surface area contributed by atoms with Crippen molar-refractivity contribution in [3.63, 3.8) is 0 Å². The standard InChI is InChI=1S/C24H26N2O6/c1-3-22(27)30-14-15-31-23(28)12-13-24(29)32-21-10-8-20(9-11-21)17-26-25-16-19-6-4-18(2)5-7-19/h3-8,10-11,16-17,20H,1,9,12-15H2,2H3/b25-16+,26-17+. The minimum Gasteiger partial charge on any atom is -0.462 e. The van der Waals surface area contributed by atoms with Crippen LogP contribution < -0.4 is 0 Å². The van der Waals surface area contributed by atoms with Gasteiger partial charge in [-0.3, -0.25) is 9.59 Å². The Morgan fingerprint density at radius 3 is 2.47 bits per heavy atom. The van der Waals surface area contributed by atoms with Gasteiger partial charge in [0.25, 0.3) is 0 Å².